The number of anilines is 1. The van der Waals surface area contributed by atoms with Gasteiger partial charge in [-0.05, 0) is 31.0 Å². The van der Waals surface area contributed by atoms with Crippen LogP contribution in [0, 0.1) is 0 Å². The van der Waals surface area contributed by atoms with E-state index in [-0.39, 0.29) is 10.6 Å². The molecule has 0 atom stereocenters. The van der Waals surface area contributed by atoms with Gasteiger partial charge in [-0.3, -0.25) is 5.32 Å². The van der Waals surface area contributed by atoms with E-state index < -0.39 is 15.9 Å². The van der Waals surface area contributed by atoms with Gasteiger partial charge in [-0.25, -0.2) is 18.2 Å². The van der Waals surface area contributed by atoms with Gasteiger partial charge in [0, 0.05) is 0 Å². The number of nitrogens with zero attached hydrogens (tertiary/aromatic N) is 1. The Balaban J connectivity index is 2.22. The first-order chi connectivity index (χ1) is 10.5. The molecule has 1 N–H and O–H groups in total. The molecule has 120 valence electrons. The molecule has 0 unspecified atom stereocenters. The molecule has 1 amide bonds. The number of carbonyl (C=O) groups is 1. The number of benzene rings is 1. The zero-order valence-electron chi connectivity index (χ0n) is 12.5. The highest BCUT2D eigenvalue weighted by Gasteiger charge is 2.15. The number of aromatic nitrogens is 1. The topological polar surface area (TPSA) is 85.4 Å². The van der Waals surface area contributed by atoms with Gasteiger partial charge in [0.2, 0.25) is 0 Å². The summed E-state index contributed by atoms with van der Waals surface area (Å²) < 4.78 is 29.8. The number of thiazole rings is 1. The lowest BCUT2D eigenvalue weighted by molar-refractivity contribution is 0.161. The summed E-state index contributed by atoms with van der Waals surface area (Å²) in [6.07, 6.45) is 0.755. The van der Waals surface area contributed by atoms with E-state index in [9.17, 15) is 13.2 Å². The molecular weight excluding hydrogens is 324 g/mol. The maximum absolute atomic E-state index is 12.1. The molecule has 0 aliphatic rings. The number of fused-ring (bicyclic) bond motifs is 1. The number of carbonyl (C=O) groups excluding carboxylic acids is 1. The summed E-state index contributed by atoms with van der Waals surface area (Å²) >= 11 is 1.22. The Morgan fingerprint density at radius 2 is 2.09 bits per heavy atom. The molecule has 2 rings (SSSR count). The number of nitrogens with one attached hydrogen (secondary N) is 1. The van der Waals surface area contributed by atoms with Crippen molar-refractivity contribution in [3.63, 3.8) is 0 Å². The molecule has 0 fully saturated rings. The minimum Gasteiger partial charge on any atom is -0.449 e. The molecule has 6 nitrogen and oxygen atoms in total. The number of hydrogen-bond donors (Lipinski definition) is 1. The van der Waals surface area contributed by atoms with Crippen LogP contribution < -0.4 is 5.32 Å². The van der Waals surface area contributed by atoms with Crippen molar-refractivity contribution >= 4 is 42.6 Å². The van der Waals surface area contributed by atoms with E-state index in [1.807, 2.05) is 13.8 Å². The van der Waals surface area contributed by atoms with Crippen LogP contribution in [0.4, 0.5) is 9.93 Å². The molecule has 1 aromatic carbocycles. The summed E-state index contributed by atoms with van der Waals surface area (Å²) in [5.41, 5.74) is 0.645. The normalized spacial score (nSPS) is 11.5. The van der Waals surface area contributed by atoms with Crippen molar-refractivity contribution in [3.05, 3.63) is 18.2 Å². The third-order valence-corrected chi connectivity index (χ3v) is 5.69. The van der Waals surface area contributed by atoms with Gasteiger partial charge in [-0.2, -0.15) is 0 Å². The van der Waals surface area contributed by atoms with Crippen LogP contribution in [0.25, 0.3) is 10.2 Å². The summed E-state index contributed by atoms with van der Waals surface area (Å²) in [5.74, 6) is 0.117. The number of rotatable bonds is 6. The van der Waals surface area contributed by atoms with Gasteiger partial charge < -0.3 is 4.74 Å². The van der Waals surface area contributed by atoms with E-state index in [4.69, 9.17) is 4.74 Å². The SMILES string of the molecule is CCCOC(=O)Nc1nc2ccc(S(=O)(=O)CCC)cc2s1. The van der Waals surface area contributed by atoms with Crippen molar-refractivity contribution in [1.29, 1.82) is 0 Å². The van der Waals surface area contributed by atoms with Crippen molar-refractivity contribution in [2.24, 2.45) is 0 Å². The zero-order chi connectivity index (χ0) is 16.2. The van der Waals surface area contributed by atoms with Crippen molar-refractivity contribution in [2.75, 3.05) is 17.7 Å². The Morgan fingerprint density at radius 3 is 2.77 bits per heavy atom. The molecule has 0 aliphatic carbocycles. The Kier molecular flexibility index (Phi) is 5.36. The monoisotopic (exact) mass is 342 g/mol. The Hall–Kier alpha value is -1.67. The minimum atomic E-state index is -3.26. The average molecular weight is 342 g/mol. The lowest BCUT2D eigenvalue weighted by atomic mass is 10.3. The average Bonchev–Trinajstić information content (AvgIpc) is 2.86. The molecule has 2 aromatic rings. The fourth-order valence-electron chi connectivity index (χ4n) is 1.86. The summed E-state index contributed by atoms with van der Waals surface area (Å²) in [5, 5.41) is 2.94. The van der Waals surface area contributed by atoms with Gasteiger partial charge in [0.1, 0.15) is 0 Å². The third-order valence-electron chi connectivity index (χ3n) is 2.84. The molecule has 1 heterocycles. The number of ether oxygens (including phenoxy) is 1. The Morgan fingerprint density at radius 1 is 1.32 bits per heavy atom. The van der Waals surface area contributed by atoms with Crippen molar-refractivity contribution in [2.45, 2.75) is 31.6 Å². The molecule has 0 bridgehead atoms. The first kappa shape index (κ1) is 16.7. The molecule has 0 aliphatic heterocycles. The van der Waals surface area contributed by atoms with E-state index in [1.54, 1.807) is 18.2 Å². The van der Waals surface area contributed by atoms with Crippen molar-refractivity contribution in [1.82, 2.24) is 4.98 Å². The smallest absolute Gasteiger partial charge is 0.413 e. The molecule has 22 heavy (non-hydrogen) atoms. The third kappa shape index (κ3) is 3.95. The number of hydrogen-bond acceptors (Lipinski definition) is 6. The second-order valence-corrected chi connectivity index (χ2v) is 7.87. The van der Waals surface area contributed by atoms with Crippen LogP contribution >= 0.6 is 11.3 Å². The Bertz CT molecular complexity index is 768. The number of amides is 1. The second-order valence-electron chi connectivity index (χ2n) is 4.73. The highest BCUT2D eigenvalue weighted by atomic mass is 32.2. The minimum absolute atomic E-state index is 0.117. The molecular formula is C14H18N2O4S2. The van der Waals surface area contributed by atoms with Gasteiger partial charge in [0.25, 0.3) is 0 Å². The van der Waals surface area contributed by atoms with Crippen molar-refractivity contribution < 1.29 is 17.9 Å². The largest absolute Gasteiger partial charge is 0.449 e. The summed E-state index contributed by atoms with van der Waals surface area (Å²) in [6, 6.07) is 4.80. The first-order valence-electron chi connectivity index (χ1n) is 7.03. The van der Waals surface area contributed by atoms with Gasteiger partial charge in [-0.1, -0.05) is 25.2 Å². The molecule has 0 spiro atoms. The van der Waals surface area contributed by atoms with Crippen molar-refractivity contribution in [3.8, 4) is 0 Å². The highest BCUT2D eigenvalue weighted by Crippen LogP contribution is 2.28. The molecule has 1 aromatic heterocycles. The van der Waals surface area contributed by atoms with Gasteiger partial charge >= 0.3 is 6.09 Å². The fourth-order valence-corrected chi connectivity index (χ4v) is 4.17. The number of sulfone groups is 1. The van der Waals surface area contributed by atoms with Crippen LogP contribution in [0.5, 0.6) is 0 Å². The van der Waals surface area contributed by atoms with E-state index in [0.29, 0.717) is 28.4 Å². The first-order valence-corrected chi connectivity index (χ1v) is 9.50. The maximum Gasteiger partial charge on any atom is 0.413 e. The zero-order valence-corrected chi connectivity index (χ0v) is 14.1. The van der Waals surface area contributed by atoms with Crippen LogP contribution in [0.3, 0.4) is 0 Å². The van der Waals surface area contributed by atoms with Gasteiger partial charge in [-0.15, -0.1) is 0 Å². The quantitative estimate of drug-likeness (QED) is 0.869. The van der Waals surface area contributed by atoms with Crippen LogP contribution in [-0.4, -0.2) is 31.9 Å². The van der Waals surface area contributed by atoms with Gasteiger partial charge in [0.15, 0.2) is 15.0 Å². The van der Waals surface area contributed by atoms with E-state index >= 15 is 0 Å². The lowest BCUT2D eigenvalue weighted by Crippen LogP contribution is -2.13. The van der Waals surface area contributed by atoms with E-state index in [1.165, 1.54) is 11.3 Å². The van der Waals surface area contributed by atoms with E-state index in [0.717, 1.165) is 6.42 Å². The molecule has 8 heteroatoms. The van der Waals surface area contributed by atoms with Crippen LogP contribution in [0.1, 0.15) is 26.7 Å². The van der Waals surface area contributed by atoms with Crippen LogP contribution in [0.15, 0.2) is 23.1 Å². The standard InChI is InChI=1S/C14H18N2O4S2/c1-3-7-20-14(17)16-13-15-11-6-5-10(9-12(11)21-13)22(18,19)8-4-2/h5-6,9H,3-4,7-8H2,1-2H3,(H,15,16,17). The lowest BCUT2D eigenvalue weighted by Gasteiger charge is -2.01. The second kappa shape index (κ2) is 7.06. The van der Waals surface area contributed by atoms with Crippen LogP contribution in [0.2, 0.25) is 0 Å². The highest BCUT2D eigenvalue weighted by molar-refractivity contribution is 7.91. The molecule has 0 radical (unpaired) electrons. The van der Waals surface area contributed by atoms with E-state index in [2.05, 4.69) is 10.3 Å². The van der Waals surface area contributed by atoms with Gasteiger partial charge in [0.05, 0.1) is 27.5 Å². The molecule has 0 saturated carbocycles. The summed E-state index contributed by atoms with van der Waals surface area (Å²) in [7, 11) is -3.26. The fraction of sp³-hybridized carbons (Fsp3) is 0.429. The maximum atomic E-state index is 12.1. The molecule has 0 saturated heterocycles. The predicted octanol–water partition coefficient (Wildman–Crippen LogP) is 3.44. The summed E-state index contributed by atoms with van der Waals surface area (Å²) in [4.78, 5) is 16.0. The predicted molar refractivity (Wildman–Crippen MR) is 87.2 cm³/mol. The summed E-state index contributed by atoms with van der Waals surface area (Å²) in [6.45, 7) is 4.08. The Labute approximate surface area is 133 Å². The van der Waals surface area contributed by atoms with Crippen LogP contribution in [-0.2, 0) is 14.6 Å².